The van der Waals surface area contributed by atoms with Crippen molar-refractivity contribution in [2.45, 2.75) is 25.8 Å². The lowest BCUT2D eigenvalue weighted by Crippen LogP contribution is -2.36. The van der Waals surface area contributed by atoms with Crippen molar-refractivity contribution in [2.24, 2.45) is 5.73 Å². The Labute approximate surface area is 100 Å². The van der Waals surface area contributed by atoms with Gasteiger partial charge in [-0.05, 0) is 37.5 Å². The van der Waals surface area contributed by atoms with Crippen molar-refractivity contribution in [1.29, 1.82) is 0 Å². The summed E-state index contributed by atoms with van der Waals surface area (Å²) in [6.45, 7) is 3.75. The van der Waals surface area contributed by atoms with Crippen LogP contribution in [0.2, 0.25) is 0 Å². The van der Waals surface area contributed by atoms with Crippen molar-refractivity contribution in [3.05, 3.63) is 23.9 Å². The van der Waals surface area contributed by atoms with Gasteiger partial charge in [0.15, 0.2) is 5.65 Å². The molecule has 0 saturated carbocycles. The molecule has 5 nitrogen and oxygen atoms in total. The zero-order chi connectivity index (χ0) is 11.8. The number of anilines is 1. The van der Waals surface area contributed by atoms with Gasteiger partial charge in [0.25, 0.3) is 0 Å². The quantitative estimate of drug-likeness (QED) is 0.836. The number of rotatable bonds is 2. The van der Waals surface area contributed by atoms with E-state index < -0.39 is 0 Å². The van der Waals surface area contributed by atoms with Crippen LogP contribution < -0.4 is 10.6 Å². The lowest BCUT2D eigenvalue weighted by atomic mass is 10.2. The summed E-state index contributed by atoms with van der Waals surface area (Å²) >= 11 is 0. The maximum atomic E-state index is 5.78. The largest absolute Gasteiger partial charge is 0.335 e. The summed E-state index contributed by atoms with van der Waals surface area (Å²) in [4.78, 5) is 6.80. The number of nitrogens with zero attached hydrogens (tertiary/aromatic N) is 4. The van der Waals surface area contributed by atoms with E-state index in [1.807, 2.05) is 22.8 Å². The van der Waals surface area contributed by atoms with Gasteiger partial charge >= 0.3 is 0 Å². The average Bonchev–Trinajstić information content (AvgIpc) is 2.93. The Morgan fingerprint density at radius 3 is 3.24 bits per heavy atom. The number of hydrogen-bond acceptors (Lipinski definition) is 4. The van der Waals surface area contributed by atoms with E-state index in [-0.39, 0.29) is 0 Å². The van der Waals surface area contributed by atoms with Crippen molar-refractivity contribution in [3.8, 4) is 0 Å². The first-order valence-corrected chi connectivity index (χ1v) is 6.07. The molecule has 1 aliphatic heterocycles. The van der Waals surface area contributed by atoms with Crippen molar-refractivity contribution in [1.82, 2.24) is 14.6 Å². The molecule has 3 rings (SSSR count). The van der Waals surface area contributed by atoms with E-state index in [0.29, 0.717) is 12.6 Å². The van der Waals surface area contributed by atoms with E-state index in [9.17, 15) is 0 Å². The van der Waals surface area contributed by atoms with Crippen LogP contribution in [-0.2, 0) is 0 Å². The van der Waals surface area contributed by atoms with Crippen LogP contribution in [-0.4, -0.2) is 33.7 Å². The normalized spacial score (nSPS) is 20.4. The Hall–Kier alpha value is -1.62. The molecule has 2 aromatic rings. The Bertz CT molecular complexity index is 533. The maximum absolute atomic E-state index is 5.78. The highest BCUT2D eigenvalue weighted by Crippen LogP contribution is 2.22. The minimum Gasteiger partial charge on any atom is -0.335 e. The summed E-state index contributed by atoms with van der Waals surface area (Å²) in [5.41, 5.74) is 7.88. The molecule has 1 saturated heterocycles. The second-order valence-electron chi connectivity index (χ2n) is 4.64. The molecular formula is C12H17N5. The molecule has 1 aliphatic rings. The molecule has 17 heavy (non-hydrogen) atoms. The van der Waals surface area contributed by atoms with Crippen LogP contribution in [0.25, 0.3) is 5.65 Å². The number of fused-ring (bicyclic) bond motifs is 1. The van der Waals surface area contributed by atoms with Gasteiger partial charge in [-0.1, -0.05) is 0 Å². The van der Waals surface area contributed by atoms with Gasteiger partial charge in [-0.2, -0.15) is 4.98 Å². The molecular weight excluding hydrogens is 214 g/mol. The average molecular weight is 231 g/mol. The van der Waals surface area contributed by atoms with E-state index in [2.05, 4.69) is 21.9 Å². The maximum Gasteiger partial charge on any atom is 0.245 e. The van der Waals surface area contributed by atoms with Gasteiger partial charge < -0.3 is 10.6 Å². The number of pyridine rings is 1. The number of aryl methyl sites for hydroxylation is 1. The zero-order valence-electron chi connectivity index (χ0n) is 10.0. The Kier molecular flexibility index (Phi) is 2.48. The molecule has 0 radical (unpaired) electrons. The van der Waals surface area contributed by atoms with E-state index in [0.717, 1.165) is 24.6 Å². The molecule has 1 atom stereocenters. The third-order valence-electron chi connectivity index (χ3n) is 3.39. The first kappa shape index (κ1) is 10.5. The highest BCUT2D eigenvalue weighted by Gasteiger charge is 2.26. The number of aromatic nitrogens is 3. The van der Waals surface area contributed by atoms with E-state index >= 15 is 0 Å². The van der Waals surface area contributed by atoms with Crippen LogP contribution in [0, 0.1) is 6.92 Å². The first-order chi connectivity index (χ1) is 8.28. The molecule has 0 aliphatic carbocycles. The minimum absolute atomic E-state index is 0.397. The van der Waals surface area contributed by atoms with Crippen molar-refractivity contribution in [2.75, 3.05) is 18.0 Å². The lowest BCUT2D eigenvalue weighted by molar-refractivity contribution is 0.664. The molecule has 2 N–H and O–H groups in total. The van der Waals surface area contributed by atoms with Gasteiger partial charge in [0, 0.05) is 25.3 Å². The SMILES string of the molecule is Cc1ccn2nc(N3CCCC3CN)nc2c1. The van der Waals surface area contributed by atoms with Gasteiger partial charge in [0.2, 0.25) is 5.95 Å². The fraction of sp³-hybridized carbons (Fsp3) is 0.500. The summed E-state index contributed by atoms with van der Waals surface area (Å²) in [6, 6.07) is 4.48. The van der Waals surface area contributed by atoms with Crippen molar-refractivity contribution >= 4 is 11.6 Å². The van der Waals surface area contributed by atoms with E-state index in [1.54, 1.807) is 0 Å². The van der Waals surface area contributed by atoms with E-state index in [4.69, 9.17) is 5.73 Å². The van der Waals surface area contributed by atoms with Gasteiger partial charge in [-0.15, -0.1) is 5.10 Å². The summed E-state index contributed by atoms with van der Waals surface area (Å²) < 4.78 is 1.83. The van der Waals surface area contributed by atoms with Crippen LogP contribution in [0.3, 0.4) is 0 Å². The van der Waals surface area contributed by atoms with Gasteiger partial charge in [-0.3, -0.25) is 0 Å². The fourth-order valence-electron chi connectivity index (χ4n) is 2.44. The second-order valence-corrected chi connectivity index (χ2v) is 4.64. The molecule has 1 fully saturated rings. The highest BCUT2D eigenvalue weighted by molar-refractivity contribution is 5.47. The predicted molar refractivity (Wildman–Crippen MR) is 67.1 cm³/mol. The molecule has 3 heterocycles. The zero-order valence-corrected chi connectivity index (χ0v) is 10.0. The molecule has 0 aromatic carbocycles. The summed E-state index contributed by atoms with van der Waals surface area (Å²) in [6.07, 6.45) is 4.27. The smallest absolute Gasteiger partial charge is 0.245 e. The number of nitrogens with two attached hydrogens (primary N) is 1. The van der Waals surface area contributed by atoms with Gasteiger partial charge in [-0.25, -0.2) is 4.52 Å². The third-order valence-corrected chi connectivity index (χ3v) is 3.39. The van der Waals surface area contributed by atoms with Crippen molar-refractivity contribution in [3.63, 3.8) is 0 Å². The monoisotopic (exact) mass is 231 g/mol. The van der Waals surface area contributed by atoms with Crippen LogP contribution in [0.1, 0.15) is 18.4 Å². The predicted octanol–water partition coefficient (Wildman–Crippen LogP) is 0.965. The summed E-state index contributed by atoms with van der Waals surface area (Å²) in [5.74, 6) is 0.809. The van der Waals surface area contributed by atoms with E-state index in [1.165, 1.54) is 12.0 Å². The highest BCUT2D eigenvalue weighted by atomic mass is 15.4. The van der Waals surface area contributed by atoms with Crippen molar-refractivity contribution < 1.29 is 0 Å². The standard InChI is InChI=1S/C12H17N5/c1-9-4-6-17-11(7-9)14-12(15-17)16-5-2-3-10(16)8-13/h4,6-7,10H,2-3,5,8,13H2,1H3. The molecule has 90 valence electrons. The molecule has 0 amide bonds. The molecule has 1 unspecified atom stereocenters. The summed E-state index contributed by atoms with van der Waals surface area (Å²) in [5, 5.41) is 4.51. The Morgan fingerprint density at radius 2 is 2.41 bits per heavy atom. The van der Waals surface area contributed by atoms with Crippen LogP contribution >= 0.6 is 0 Å². The molecule has 0 bridgehead atoms. The first-order valence-electron chi connectivity index (χ1n) is 6.07. The fourth-order valence-corrected chi connectivity index (χ4v) is 2.44. The minimum atomic E-state index is 0.397. The van der Waals surface area contributed by atoms with Crippen LogP contribution in [0.4, 0.5) is 5.95 Å². The molecule has 5 heteroatoms. The number of hydrogen-bond donors (Lipinski definition) is 1. The van der Waals surface area contributed by atoms with Crippen LogP contribution in [0.5, 0.6) is 0 Å². The van der Waals surface area contributed by atoms with Gasteiger partial charge in [0.1, 0.15) is 0 Å². The lowest BCUT2D eigenvalue weighted by Gasteiger charge is -2.21. The van der Waals surface area contributed by atoms with Gasteiger partial charge in [0.05, 0.1) is 0 Å². The topological polar surface area (TPSA) is 59.5 Å². The molecule has 2 aromatic heterocycles. The Morgan fingerprint density at radius 1 is 1.53 bits per heavy atom. The Balaban J connectivity index is 2.00. The third kappa shape index (κ3) is 1.76. The van der Waals surface area contributed by atoms with Crippen LogP contribution in [0.15, 0.2) is 18.3 Å². The molecule has 0 spiro atoms. The second kappa shape index (κ2) is 4.00. The summed E-state index contributed by atoms with van der Waals surface area (Å²) in [7, 11) is 0.